The zero-order valence-electron chi connectivity index (χ0n) is 10.2. The zero-order valence-corrected chi connectivity index (χ0v) is 10.2. The minimum absolute atomic E-state index is 0.265. The second-order valence-corrected chi connectivity index (χ2v) is 4.65. The highest BCUT2D eigenvalue weighted by Crippen LogP contribution is 2.36. The molecule has 2 nitrogen and oxygen atoms in total. The van der Waals surface area contributed by atoms with E-state index in [-0.39, 0.29) is 12.2 Å². The Morgan fingerprint density at radius 1 is 1.29 bits per heavy atom. The van der Waals surface area contributed by atoms with Crippen LogP contribution in [0.5, 0.6) is 0 Å². The molecular formula is C15H18O2. The first-order chi connectivity index (χ1) is 8.38. The summed E-state index contributed by atoms with van der Waals surface area (Å²) in [6.45, 7) is 3.58. The van der Waals surface area contributed by atoms with Gasteiger partial charge in [-0.15, -0.1) is 0 Å². The zero-order chi connectivity index (χ0) is 11.7. The van der Waals surface area contributed by atoms with Crippen LogP contribution in [0.4, 0.5) is 0 Å². The van der Waals surface area contributed by atoms with Crippen LogP contribution in [0.15, 0.2) is 30.3 Å². The molecule has 0 bridgehead atoms. The molecule has 0 unspecified atom stereocenters. The van der Waals surface area contributed by atoms with E-state index in [1.807, 2.05) is 0 Å². The molecule has 2 aliphatic rings. The molecular weight excluding hydrogens is 212 g/mol. The van der Waals surface area contributed by atoms with Gasteiger partial charge in [0.1, 0.15) is 0 Å². The Hall–Kier alpha value is -1.12. The van der Waals surface area contributed by atoms with E-state index in [0.717, 1.165) is 26.1 Å². The molecule has 2 atom stereocenters. The summed E-state index contributed by atoms with van der Waals surface area (Å²) >= 11 is 0. The first kappa shape index (κ1) is 11.0. The lowest BCUT2D eigenvalue weighted by molar-refractivity contribution is 0.0320. The number of rotatable bonds is 2. The van der Waals surface area contributed by atoms with E-state index >= 15 is 0 Å². The molecule has 0 aromatic heterocycles. The number of hydrogen-bond acceptors (Lipinski definition) is 2. The van der Waals surface area contributed by atoms with Crippen molar-refractivity contribution in [1.82, 2.24) is 0 Å². The fourth-order valence-corrected chi connectivity index (χ4v) is 2.76. The van der Waals surface area contributed by atoms with Crippen molar-refractivity contribution in [3.05, 3.63) is 41.5 Å². The van der Waals surface area contributed by atoms with Gasteiger partial charge in [-0.05, 0) is 42.5 Å². The average molecular weight is 230 g/mol. The van der Waals surface area contributed by atoms with Crippen LogP contribution >= 0.6 is 0 Å². The van der Waals surface area contributed by atoms with Gasteiger partial charge in [-0.2, -0.15) is 0 Å². The molecule has 1 heterocycles. The number of hydrogen-bond donors (Lipinski definition) is 0. The highest BCUT2D eigenvalue weighted by Gasteiger charge is 2.29. The molecule has 0 spiro atoms. The highest BCUT2D eigenvalue weighted by molar-refractivity contribution is 5.73. The van der Waals surface area contributed by atoms with E-state index in [0.29, 0.717) is 0 Å². The molecule has 0 saturated heterocycles. The van der Waals surface area contributed by atoms with Crippen molar-refractivity contribution in [3.63, 3.8) is 0 Å². The number of ether oxygens (including phenoxy) is 2. The molecule has 0 fully saturated rings. The second-order valence-electron chi connectivity index (χ2n) is 4.65. The molecule has 1 aromatic carbocycles. The number of benzene rings is 1. The van der Waals surface area contributed by atoms with Gasteiger partial charge in [0, 0.05) is 6.61 Å². The monoisotopic (exact) mass is 230 g/mol. The van der Waals surface area contributed by atoms with Crippen LogP contribution in [0.3, 0.4) is 0 Å². The largest absolute Gasteiger partial charge is 0.374 e. The third-order valence-electron chi connectivity index (χ3n) is 3.57. The molecule has 0 N–H and O–H groups in total. The van der Waals surface area contributed by atoms with Crippen molar-refractivity contribution in [1.29, 1.82) is 0 Å². The van der Waals surface area contributed by atoms with E-state index in [9.17, 15) is 0 Å². The Kier molecular flexibility index (Phi) is 3.00. The van der Waals surface area contributed by atoms with Gasteiger partial charge in [0.05, 0.1) is 18.8 Å². The lowest BCUT2D eigenvalue weighted by Gasteiger charge is -2.33. The maximum absolute atomic E-state index is 5.91. The van der Waals surface area contributed by atoms with Crippen LogP contribution in [0.2, 0.25) is 0 Å². The molecule has 0 saturated carbocycles. The molecule has 1 aromatic rings. The molecule has 90 valence electrons. The third kappa shape index (κ3) is 2.03. The molecule has 17 heavy (non-hydrogen) atoms. The van der Waals surface area contributed by atoms with Crippen LogP contribution in [0, 0.1) is 0 Å². The quantitative estimate of drug-likeness (QED) is 0.777. The van der Waals surface area contributed by atoms with Crippen LogP contribution < -0.4 is 0 Å². The second kappa shape index (κ2) is 4.63. The Balaban J connectivity index is 1.97. The lowest BCUT2D eigenvalue weighted by Crippen LogP contribution is -2.28. The standard InChI is InChI=1S/C15H18O2/c1-2-16-12-7-8-15-14(9-12)13-6-4-3-5-11(13)10-17-15/h3-6,9,12,15H,2,7-8,10H2,1H3/t12-,15+/m1/s1. The van der Waals surface area contributed by atoms with Gasteiger partial charge in [0.2, 0.25) is 0 Å². The van der Waals surface area contributed by atoms with Crippen molar-refractivity contribution in [2.24, 2.45) is 0 Å². The van der Waals surface area contributed by atoms with Crippen LogP contribution in [0.1, 0.15) is 30.9 Å². The Morgan fingerprint density at radius 3 is 3.06 bits per heavy atom. The lowest BCUT2D eigenvalue weighted by atomic mass is 9.85. The van der Waals surface area contributed by atoms with Crippen LogP contribution in [0.25, 0.3) is 5.57 Å². The van der Waals surface area contributed by atoms with Gasteiger partial charge in [-0.3, -0.25) is 0 Å². The van der Waals surface area contributed by atoms with Crippen LogP contribution in [-0.4, -0.2) is 18.8 Å². The van der Waals surface area contributed by atoms with Crippen molar-refractivity contribution in [3.8, 4) is 0 Å². The third-order valence-corrected chi connectivity index (χ3v) is 3.57. The summed E-state index contributed by atoms with van der Waals surface area (Å²) in [5, 5.41) is 0. The van der Waals surface area contributed by atoms with Gasteiger partial charge < -0.3 is 9.47 Å². The molecule has 1 aliphatic carbocycles. The predicted octanol–water partition coefficient (Wildman–Crippen LogP) is 3.17. The topological polar surface area (TPSA) is 18.5 Å². The SMILES string of the molecule is CCO[C@H]1C=C2c3ccccc3CO[C@H]2CC1. The maximum atomic E-state index is 5.91. The summed E-state index contributed by atoms with van der Waals surface area (Å²) in [6, 6.07) is 8.53. The van der Waals surface area contributed by atoms with E-state index in [1.54, 1.807) is 0 Å². The molecule has 2 heteroatoms. The van der Waals surface area contributed by atoms with Crippen molar-refractivity contribution >= 4 is 5.57 Å². The predicted molar refractivity (Wildman–Crippen MR) is 67.6 cm³/mol. The Morgan fingerprint density at radius 2 is 2.18 bits per heavy atom. The summed E-state index contributed by atoms with van der Waals surface area (Å²) in [6.07, 6.45) is 4.95. The van der Waals surface area contributed by atoms with E-state index < -0.39 is 0 Å². The summed E-state index contributed by atoms with van der Waals surface area (Å²) < 4.78 is 11.6. The summed E-state index contributed by atoms with van der Waals surface area (Å²) in [5.74, 6) is 0. The van der Waals surface area contributed by atoms with E-state index in [2.05, 4.69) is 37.3 Å². The van der Waals surface area contributed by atoms with Gasteiger partial charge in [-0.25, -0.2) is 0 Å². The van der Waals surface area contributed by atoms with Gasteiger partial charge in [0.15, 0.2) is 0 Å². The molecule has 3 rings (SSSR count). The number of fused-ring (bicyclic) bond motifs is 3. The molecule has 1 aliphatic heterocycles. The highest BCUT2D eigenvalue weighted by atomic mass is 16.5. The minimum atomic E-state index is 0.265. The smallest absolute Gasteiger partial charge is 0.0834 e. The first-order valence-corrected chi connectivity index (χ1v) is 6.41. The van der Waals surface area contributed by atoms with Gasteiger partial charge in [0.25, 0.3) is 0 Å². The maximum Gasteiger partial charge on any atom is 0.0834 e. The fraction of sp³-hybridized carbons (Fsp3) is 0.467. The van der Waals surface area contributed by atoms with Gasteiger partial charge >= 0.3 is 0 Å². The van der Waals surface area contributed by atoms with Crippen molar-refractivity contribution in [2.75, 3.05) is 6.61 Å². The molecule has 0 radical (unpaired) electrons. The van der Waals surface area contributed by atoms with Crippen molar-refractivity contribution < 1.29 is 9.47 Å². The average Bonchev–Trinajstić information content (AvgIpc) is 2.39. The molecule has 0 amide bonds. The normalized spacial score (nSPS) is 27.0. The van der Waals surface area contributed by atoms with Gasteiger partial charge in [-0.1, -0.05) is 24.3 Å². The Labute approximate surface area is 102 Å². The Bertz CT molecular complexity index is 436. The van der Waals surface area contributed by atoms with Crippen LogP contribution in [-0.2, 0) is 16.1 Å². The summed E-state index contributed by atoms with van der Waals surface area (Å²) in [7, 11) is 0. The van der Waals surface area contributed by atoms with Crippen molar-refractivity contribution in [2.45, 2.75) is 38.6 Å². The first-order valence-electron chi connectivity index (χ1n) is 6.41. The van der Waals surface area contributed by atoms with E-state index in [4.69, 9.17) is 9.47 Å². The summed E-state index contributed by atoms with van der Waals surface area (Å²) in [5.41, 5.74) is 3.98. The summed E-state index contributed by atoms with van der Waals surface area (Å²) in [4.78, 5) is 0. The van der Waals surface area contributed by atoms with E-state index in [1.165, 1.54) is 16.7 Å². The fourth-order valence-electron chi connectivity index (χ4n) is 2.76. The minimum Gasteiger partial charge on any atom is -0.374 e.